The standard InChI is InChI=1S/C5H12O7P2/c1-5(2)3-4-11-14(9,10)12-13(6,7)8/h3H,4H2,1-2H3,(H,9,10)(H2,6,7,8)/i4D/t4-/m1/s1. The summed E-state index contributed by atoms with van der Waals surface area (Å²) in [6, 6.07) is 0. The molecule has 2 atom stereocenters. The molecule has 0 fully saturated rings. The number of rotatable bonds is 5. The fourth-order valence-corrected chi connectivity index (χ4v) is 1.84. The van der Waals surface area contributed by atoms with Crippen LogP contribution in [0.25, 0.3) is 0 Å². The SMILES string of the molecule is [2H][C@H](C=C(C)C)OP(=O)(O)OP(=O)(O)O. The average molecular weight is 247 g/mol. The van der Waals surface area contributed by atoms with E-state index < -0.39 is 22.2 Å². The number of hydrogen-bond acceptors (Lipinski definition) is 4. The van der Waals surface area contributed by atoms with Crippen LogP contribution in [0.3, 0.4) is 0 Å². The molecule has 84 valence electrons. The Hall–Kier alpha value is -0.0000000000000000416. The van der Waals surface area contributed by atoms with Crippen LogP contribution in [0.1, 0.15) is 15.2 Å². The van der Waals surface area contributed by atoms with Gasteiger partial charge in [-0.2, -0.15) is 4.31 Å². The topological polar surface area (TPSA) is 113 Å². The minimum atomic E-state index is -5.12. The molecule has 7 nitrogen and oxygen atoms in total. The van der Waals surface area contributed by atoms with Crippen molar-refractivity contribution in [2.75, 3.05) is 6.58 Å². The Morgan fingerprint density at radius 2 is 1.93 bits per heavy atom. The lowest BCUT2D eigenvalue weighted by Crippen LogP contribution is -1.94. The van der Waals surface area contributed by atoms with Gasteiger partial charge in [0.25, 0.3) is 0 Å². The van der Waals surface area contributed by atoms with Crippen LogP contribution < -0.4 is 0 Å². The number of phosphoric acid groups is 2. The molecule has 0 aliphatic carbocycles. The molecule has 0 heterocycles. The minimum absolute atomic E-state index is 0.645. The van der Waals surface area contributed by atoms with Crippen molar-refractivity contribution in [1.29, 1.82) is 0 Å². The van der Waals surface area contributed by atoms with E-state index in [4.69, 9.17) is 16.1 Å². The normalized spacial score (nSPS) is 19.4. The molecule has 0 aromatic carbocycles. The zero-order valence-electron chi connectivity index (χ0n) is 8.52. The van der Waals surface area contributed by atoms with Gasteiger partial charge in [0.05, 0.1) is 7.95 Å². The first-order valence-electron chi connectivity index (χ1n) is 3.95. The number of phosphoric ester groups is 1. The van der Waals surface area contributed by atoms with Crippen molar-refractivity contribution in [3.8, 4) is 0 Å². The molecule has 0 aromatic heterocycles. The molecule has 1 unspecified atom stereocenters. The molecule has 0 radical (unpaired) electrons. The van der Waals surface area contributed by atoms with Gasteiger partial charge in [0.15, 0.2) is 0 Å². The van der Waals surface area contributed by atoms with E-state index >= 15 is 0 Å². The van der Waals surface area contributed by atoms with Crippen molar-refractivity contribution in [1.82, 2.24) is 0 Å². The lowest BCUT2D eigenvalue weighted by molar-refractivity contribution is 0.191. The van der Waals surface area contributed by atoms with Gasteiger partial charge in [0.1, 0.15) is 0 Å². The van der Waals surface area contributed by atoms with Crippen molar-refractivity contribution in [3.05, 3.63) is 11.6 Å². The first kappa shape index (κ1) is 12.1. The van der Waals surface area contributed by atoms with Gasteiger partial charge in [-0.3, -0.25) is 4.52 Å². The zero-order chi connectivity index (χ0) is 12.3. The molecule has 0 bridgehead atoms. The lowest BCUT2D eigenvalue weighted by Gasteiger charge is -2.10. The van der Waals surface area contributed by atoms with E-state index in [1.54, 1.807) is 13.8 Å². The Morgan fingerprint density at radius 3 is 2.29 bits per heavy atom. The van der Waals surface area contributed by atoms with Crippen molar-refractivity contribution < 1.29 is 34.0 Å². The second-order valence-corrected chi connectivity index (χ2v) is 5.31. The van der Waals surface area contributed by atoms with Gasteiger partial charge in [-0.1, -0.05) is 11.6 Å². The van der Waals surface area contributed by atoms with Gasteiger partial charge >= 0.3 is 15.6 Å². The predicted octanol–water partition coefficient (Wildman–Crippen LogP) is 1.18. The number of hydrogen-bond donors (Lipinski definition) is 3. The summed E-state index contributed by atoms with van der Waals surface area (Å²) < 4.78 is 35.8. The van der Waals surface area contributed by atoms with Gasteiger partial charge in [0, 0.05) is 0 Å². The second-order valence-electron chi connectivity index (χ2n) is 2.53. The van der Waals surface area contributed by atoms with Crippen molar-refractivity contribution in [2.45, 2.75) is 13.8 Å². The molecule has 0 saturated carbocycles. The largest absolute Gasteiger partial charge is 0.481 e. The molecule has 9 heteroatoms. The Bertz CT molecular complexity index is 330. The van der Waals surface area contributed by atoms with Crippen LogP contribution >= 0.6 is 15.6 Å². The Morgan fingerprint density at radius 1 is 1.43 bits per heavy atom. The third-order valence-electron chi connectivity index (χ3n) is 0.805. The van der Waals surface area contributed by atoms with Crippen LogP contribution in [0.15, 0.2) is 11.6 Å². The monoisotopic (exact) mass is 247 g/mol. The molecule has 0 aliphatic heterocycles. The highest BCUT2D eigenvalue weighted by atomic mass is 31.3. The number of allylic oxidation sites excluding steroid dienone is 1. The van der Waals surface area contributed by atoms with Gasteiger partial charge in [-0.25, -0.2) is 9.13 Å². The Balaban J connectivity index is 4.46. The minimum Gasteiger partial charge on any atom is -0.302 e. The lowest BCUT2D eigenvalue weighted by atomic mass is 10.3. The third kappa shape index (κ3) is 8.59. The van der Waals surface area contributed by atoms with Crippen LogP contribution in [0.4, 0.5) is 0 Å². The maximum absolute atomic E-state index is 10.9. The molecule has 0 aromatic rings. The van der Waals surface area contributed by atoms with Crippen LogP contribution in [-0.2, 0) is 18.0 Å². The van der Waals surface area contributed by atoms with Crippen molar-refractivity contribution >= 4 is 15.6 Å². The highest BCUT2D eigenvalue weighted by molar-refractivity contribution is 7.60. The summed E-state index contributed by atoms with van der Waals surface area (Å²) in [5, 5.41) is 0. The van der Waals surface area contributed by atoms with Gasteiger partial charge in [0.2, 0.25) is 0 Å². The van der Waals surface area contributed by atoms with Crippen LogP contribution in [0.2, 0.25) is 0 Å². The second kappa shape index (κ2) is 5.19. The molecular formula is C5H12O7P2. The fraction of sp³-hybridized carbons (Fsp3) is 0.600. The Labute approximate surface area is 82.6 Å². The van der Waals surface area contributed by atoms with E-state index in [0.717, 1.165) is 0 Å². The zero-order valence-corrected chi connectivity index (χ0v) is 9.31. The predicted molar refractivity (Wildman–Crippen MR) is 48.3 cm³/mol. The average Bonchev–Trinajstić information content (AvgIpc) is 1.73. The van der Waals surface area contributed by atoms with E-state index in [9.17, 15) is 9.13 Å². The summed E-state index contributed by atoms with van der Waals surface area (Å²) in [6.07, 6.45) is 1.17. The van der Waals surface area contributed by atoms with E-state index in [1.807, 2.05) is 0 Å². The summed E-state index contributed by atoms with van der Waals surface area (Å²) in [6.45, 7) is 1.71. The van der Waals surface area contributed by atoms with E-state index in [0.29, 0.717) is 5.57 Å². The summed E-state index contributed by atoms with van der Waals surface area (Å²) in [5.41, 5.74) is 0.645. The summed E-state index contributed by atoms with van der Waals surface area (Å²) in [7, 11) is -10.0. The van der Waals surface area contributed by atoms with Crippen molar-refractivity contribution in [3.63, 3.8) is 0 Å². The van der Waals surface area contributed by atoms with Crippen molar-refractivity contribution in [2.24, 2.45) is 0 Å². The van der Waals surface area contributed by atoms with Gasteiger partial charge < -0.3 is 14.7 Å². The summed E-state index contributed by atoms with van der Waals surface area (Å²) in [4.78, 5) is 25.3. The van der Waals surface area contributed by atoms with E-state index in [2.05, 4.69) is 8.83 Å². The molecule has 0 aliphatic rings. The molecular weight excluding hydrogens is 234 g/mol. The van der Waals surface area contributed by atoms with Crippen LogP contribution in [-0.4, -0.2) is 21.3 Å². The highest BCUT2D eigenvalue weighted by Crippen LogP contribution is 2.57. The van der Waals surface area contributed by atoms with Crippen LogP contribution in [0.5, 0.6) is 0 Å². The highest BCUT2D eigenvalue weighted by Gasteiger charge is 2.31. The molecule has 0 rings (SSSR count). The fourth-order valence-electron chi connectivity index (χ4n) is 0.397. The Kier molecular flexibility index (Phi) is 4.47. The summed E-state index contributed by atoms with van der Waals surface area (Å²) >= 11 is 0. The molecule has 0 spiro atoms. The maximum atomic E-state index is 10.9. The van der Waals surface area contributed by atoms with Gasteiger partial charge in [-0.05, 0) is 13.8 Å². The maximum Gasteiger partial charge on any atom is 0.481 e. The first-order valence-corrected chi connectivity index (χ1v) is 6.40. The molecule has 14 heavy (non-hydrogen) atoms. The molecule has 3 N–H and O–H groups in total. The quantitative estimate of drug-likeness (QED) is 0.493. The van der Waals surface area contributed by atoms with Crippen LogP contribution in [0, 0.1) is 0 Å². The van der Waals surface area contributed by atoms with Gasteiger partial charge in [-0.15, -0.1) is 0 Å². The summed E-state index contributed by atoms with van der Waals surface area (Å²) in [5.74, 6) is 0. The van der Waals surface area contributed by atoms with E-state index in [-0.39, 0.29) is 0 Å². The molecule has 0 saturated heterocycles. The van der Waals surface area contributed by atoms with E-state index in [1.165, 1.54) is 6.08 Å². The smallest absolute Gasteiger partial charge is 0.302 e. The molecule has 0 amide bonds. The first-order chi connectivity index (χ1) is 6.52. The third-order valence-corrected chi connectivity index (χ3v) is 2.87.